The molecule has 0 saturated heterocycles. The minimum atomic E-state index is -0.553. The van der Waals surface area contributed by atoms with E-state index in [1.54, 1.807) is 0 Å². The highest BCUT2D eigenvalue weighted by molar-refractivity contribution is 6.42. The summed E-state index contributed by atoms with van der Waals surface area (Å²) in [5, 5.41) is -0.108. The van der Waals surface area contributed by atoms with Gasteiger partial charge in [0.2, 0.25) is 0 Å². The van der Waals surface area contributed by atoms with Crippen molar-refractivity contribution < 1.29 is 0 Å². The molecule has 0 spiro atoms. The van der Waals surface area contributed by atoms with Gasteiger partial charge in [0.25, 0.3) is 0 Å². The van der Waals surface area contributed by atoms with Crippen molar-refractivity contribution in [1.29, 1.82) is 0 Å². The predicted molar refractivity (Wildman–Crippen MR) is 177 cm³/mol. The Morgan fingerprint density at radius 3 is 1.65 bits per heavy atom. The summed E-state index contributed by atoms with van der Waals surface area (Å²) >= 11 is 0. The van der Waals surface area contributed by atoms with Crippen molar-refractivity contribution >= 4 is 22.9 Å². The Labute approximate surface area is 243 Å². The molecule has 0 aliphatic heterocycles. The van der Waals surface area contributed by atoms with Gasteiger partial charge in [-0.3, -0.25) is 0 Å². The molecule has 0 aliphatic carbocycles. The van der Waals surface area contributed by atoms with Crippen molar-refractivity contribution in [2.45, 2.75) is 31.5 Å². The molecule has 0 saturated carbocycles. The number of benzene rings is 4. The molecule has 0 N–H and O–H groups in total. The van der Waals surface area contributed by atoms with Crippen LogP contribution >= 0.6 is 0 Å². The van der Waals surface area contributed by atoms with E-state index in [-0.39, 0.29) is 5.16 Å². The second-order valence-corrected chi connectivity index (χ2v) is 12.0. The van der Waals surface area contributed by atoms with Gasteiger partial charge in [-0.2, -0.15) is 0 Å². The van der Waals surface area contributed by atoms with Crippen LogP contribution in [0.15, 0.2) is 158 Å². The molecule has 0 fully saturated rings. The number of imidazole rings is 1. The fourth-order valence-corrected chi connectivity index (χ4v) is 7.75. The maximum atomic E-state index is 4.37. The summed E-state index contributed by atoms with van der Waals surface area (Å²) in [6, 6.07) is 43.9. The Bertz CT molecular complexity index is 1380. The molecule has 1 aromatic heterocycles. The van der Waals surface area contributed by atoms with E-state index in [1.807, 2.05) is 24.7 Å². The topological polar surface area (TPSA) is 17.8 Å². The second-order valence-electron chi connectivity index (χ2n) is 9.94. The first-order valence-electron chi connectivity index (χ1n) is 14.2. The summed E-state index contributed by atoms with van der Waals surface area (Å²) in [5.74, 6) is 2.16. The smallest absolute Gasteiger partial charge is 0.130 e. The first-order chi connectivity index (χ1) is 19.7. The van der Waals surface area contributed by atoms with E-state index in [1.165, 1.54) is 39.4 Å². The van der Waals surface area contributed by atoms with E-state index in [0.717, 1.165) is 6.42 Å². The zero-order chi connectivity index (χ0) is 28.0. The number of hydrogen-bond acceptors (Lipinski definition) is 1. The summed E-state index contributed by atoms with van der Waals surface area (Å²) in [7, 11) is 1.53. The fraction of sp³-hybridized carbons (Fsp3) is 0.139. The molecule has 0 amide bonds. The summed E-state index contributed by atoms with van der Waals surface area (Å²) in [5.41, 5.74) is 8.02. The molecular formula is C36H39BN2Si. The second kappa shape index (κ2) is 14.9. The molecule has 4 heteroatoms. The highest BCUT2D eigenvalue weighted by Gasteiger charge is 2.35. The lowest BCUT2D eigenvalue weighted by Crippen LogP contribution is -2.41. The lowest BCUT2D eigenvalue weighted by molar-refractivity contribution is 0.592. The molecule has 0 bridgehead atoms. The lowest BCUT2D eigenvalue weighted by atomic mass is 9.92. The molecule has 5 rings (SSSR count). The number of rotatable bonds is 9. The molecule has 0 atom stereocenters. The minimum Gasteiger partial charge on any atom is -0.327 e. The zero-order valence-electron chi connectivity index (χ0n) is 23.9. The van der Waals surface area contributed by atoms with Gasteiger partial charge in [0, 0.05) is 12.4 Å². The molecule has 4 aromatic carbocycles. The van der Waals surface area contributed by atoms with E-state index in [4.69, 9.17) is 0 Å². The Morgan fingerprint density at radius 2 is 1.25 bits per heavy atom. The van der Waals surface area contributed by atoms with Gasteiger partial charge >= 0.3 is 0 Å². The normalized spacial score (nSPS) is 11.6. The lowest BCUT2D eigenvalue weighted by Gasteiger charge is -2.36. The van der Waals surface area contributed by atoms with Crippen molar-refractivity contribution in [1.82, 2.24) is 9.55 Å². The Kier molecular flexibility index (Phi) is 10.7. The summed E-state index contributed by atoms with van der Waals surface area (Å²) < 4.78 is 2.32. The van der Waals surface area contributed by atoms with Gasteiger partial charge in [-0.25, -0.2) is 4.98 Å². The van der Waals surface area contributed by atoms with Crippen molar-refractivity contribution in [3.63, 3.8) is 0 Å². The van der Waals surface area contributed by atoms with Crippen LogP contribution in [-0.2, 0) is 5.16 Å². The Balaban J connectivity index is 0.000000210. The molecule has 5 aromatic rings. The van der Waals surface area contributed by atoms with Gasteiger partial charge in [0.1, 0.15) is 7.85 Å². The summed E-state index contributed by atoms with van der Waals surface area (Å²) in [6.07, 6.45) is 9.54. The van der Waals surface area contributed by atoms with Crippen molar-refractivity contribution in [3.8, 4) is 0 Å². The third-order valence-electron chi connectivity index (χ3n) is 7.46. The van der Waals surface area contributed by atoms with Crippen LogP contribution in [0, 0.1) is 0 Å². The van der Waals surface area contributed by atoms with Crippen LogP contribution in [0.25, 0.3) is 5.57 Å². The monoisotopic (exact) mass is 538 g/mol. The highest BCUT2D eigenvalue weighted by Crippen LogP contribution is 2.34. The van der Waals surface area contributed by atoms with Gasteiger partial charge in [-0.15, -0.1) is 5.98 Å². The van der Waals surface area contributed by atoms with E-state index < -0.39 is 9.52 Å². The number of aromatic nitrogens is 2. The summed E-state index contributed by atoms with van der Waals surface area (Å²) in [6.45, 7) is 4.46. The number of nitrogens with zero attached hydrogens (tertiary/aromatic N) is 2. The predicted octanol–water partition coefficient (Wildman–Crippen LogP) is 7.28. The molecule has 200 valence electrons. The van der Waals surface area contributed by atoms with Crippen LogP contribution in [0.4, 0.5) is 0 Å². The molecule has 0 aliphatic rings. The average Bonchev–Trinajstić information content (AvgIpc) is 3.58. The highest BCUT2D eigenvalue weighted by atomic mass is 28.2. The number of allylic oxidation sites excluding steroid dienone is 2. The van der Waals surface area contributed by atoms with Gasteiger partial charge in [0.15, 0.2) is 0 Å². The van der Waals surface area contributed by atoms with Crippen LogP contribution in [0.1, 0.15) is 42.5 Å². The van der Waals surface area contributed by atoms with E-state index >= 15 is 0 Å². The van der Waals surface area contributed by atoms with E-state index in [9.17, 15) is 0 Å². The first kappa shape index (κ1) is 28.8. The Morgan fingerprint density at radius 1 is 0.775 bits per heavy atom. The fourth-order valence-electron chi connectivity index (χ4n) is 5.20. The standard InChI is InChI=1S/C22H26N2Si.C14H13B/c1-3-19(2)14-17-25-22(24-16-15-23-18-24,20-10-6-4-7-11-20)21-12-8-5-9-13-21;15-11-14(12-7-3-1-4-8-12)13-9-5-2-6-10-13/h4-16,18H,3,17,25H2,1-2H3;1-11H,15H2. The molecule has 2 nitrogen and oxygen atoms in total. The van der Waals surface area contributed by atoms with Crippen LogP contribution in [-0.4, -0.2) is 26.9 Å². The van der Waals surface area contributed by atoms with Crippen LogP contribution in [0.5, 0.6) is 0 Å². The number of hydrogen-bond donors (Lipinski definition) is 0. The van der Waals surface area contributed by atoms with Gasteiger partial charge in [-0.1, -0.05) is 140 Å². The van der Waals surface area contributed by atoms with Gasteiger partial charge in [-0.05, 0) is 47.2 Å². The maximum absolute atomic E-state index is 4.37. The van der Waals surface area contributed by atoms with Crippen LogP contribution < -0.4 is 0 Å². The van der Waals surface area contributed by atoms with E-state index in [2.05, 4.69) is 159 Å². The zero-order valence-corrected chi connectivity index (χ0v) is 25.4. The third-order valence-corrected chi connectivity index (χ3v) is 9.95. The average molecular weight is 539 g/mol. The van der Waals surface area contributed by atoms with Crippen LogP contribution in [0.2, 0.25) is 6.04 Å². The maximum Gasteiger partial charge on any atom is 0.130 e. The first-order valence-corrected chi connectivity index (χ1v) is 15.9. The van der Waals surface area contributed by atoms with Crippen LogP contribution in [0.3, 0.4) is 0 Å². The summed E-state index contributed by atoms with van der Waals surface area (Å²) in [4.78, 5) is 4.37. The SMILES string of the molecule is BC=C(c1ccccc1)c1ccccc1.CCC(C)=CC[SiH2]C(c1ccccc1)(c1ccccc1)n1ccnc1. The van der Waals surface area contributed by atoms with Crippen molar-refractivity contribution in [3.05, 3.63) is 180 Å². The molecule has 0 unspecified atom stereocenters. The third kappa shape index (κ3) is 7.08. The molecular weight excluding hydrogens is 499 g/mol. The Hall–Kier alpha value is -4.15. The van der Waals surface area contributed by atoms with Crippen molar-refractivity contribution in [2.75, 3.05) is 0 Å². The largest absolute Gasteiger partial charge is 0.327 e. The molecule has 40 heavy (non-hydrogen) atoms. The molecule has 0 radical (unpaired) electrons. The van der Waals surface area contributed by atoms with Crippen molar-refractivity contribution in [2.24, 2.45) is 0 Å². The van der Waals surface area contributed by atoms with Gasteiger partial charge in [0.05, 0.1) is 21.0 Å². The minimum absolute atomic E-state index is 0.108. The quantitative estimate of drug-likeness (QED) is 0.142. The van der Waals surface area contributed by atoms with Gasteiger partial charge < -0.3 is 4.57 Å². The van der Waals surface area contributed by atoms with E-state index in [0.29, 0.717) is 0 Å². The molecule has 1 heterocycles.